The van der Waals surface area contributed by atoms with Gasteiger partial charge in [-0.25, -0.2) is 9.97 Å². The summed E-state index contributed by atoms with van der Waals surface area (Å²) in [5.74, 6) is 0. The van der Waals surface area contributed by atoms with E-state index in [2.05, 4.69) is 95.3 Å². The minimum Gasteiger partial charge on any atom is -0.355 e. The Balaban J connectivity index is 0.00000387. The molecule has 8 bridgehead atoms. The molecule has 1 N–H and O–H groups in total. The van der Waals surface area contributed by atoms with Crippen molar-refractivity contribution >= 4 is 45.9 Å². The summed E-state index contributed by atoms with van der Waals surface area (Å²) in [6.45, 7) is 19.2. The van der Waals surface area contributed by atoms with Crippen molar-refractivity contribution in [2.45, 2.75) is 107 Å². The molecule has 0 saturated carbocycles. The Labute approximate surface area is 256 Å². The second-order valence-electron chi connectivity index (χ2n) is 10.8. The maximum atomic E-state index is 5.45. The van der Waals surface area contributed by atoms with Gasteiger partial charge in [-0.15, -0.1) is 0 Å². The molecular formula is C36H46CuN4. The molecule has 0 aromatic carbocycles. The molecule has 0 amide bonds. The zero-order chi connectivity index (χ0) is 28.6. The zero-order valence-electron chi connectivity index (χ0n) is 26.2. The van der Waals surface area contributed by atoms with Gasteiger partial charge in [0, 0.05) is 56.9 Å². The molecule has 3 aromatic heterocycles. The van der Waals surface area contributed by atoms with Crippen molar-refractivity contribution in [2.75, 3.05) is 0 Å². The standard InChI is InChI=1S/C36H46N4.Cu/c1-9-22-21-33-26(13-5)31-18-17-29(37-31)25(12-4)30-19-20-32(38-30)27(14-6)35-23(10-2)24(11-3)36(40(35)16-8)28(15-7)34(22)39-33;/h17-21,37H,9-16H2,1-8H3;. The second-order valence-corrected chi connectivity index (χ2v) is 10.8. The van der Waals surface area contributed by atoms with Gasteiger partial charge in [-0.05, 0) is 98.9 Å². The van der Waals surface area contributed by atoms with Crippen LogP contribution in [0.2, 0.25) is 0 Å². The van der Waals surface area contributed by atoms with E-state index < -0.39 is 0 Å². The predicted molar refractivity (Wildman–Crippen MR) is 174 cm³/mol. The van der Waals surface area contributed by atoms with E-state index in [0.29, 0.717) is 0 Å². The van der Waals surface area contributed by atoms with Crippen LogP contribution in [0, 0.1) is 0 Å². The molecule has 4 nitrogen and oxygen atoms in total. The number of rotatable bonds is 8. The van der Waals surface area contributed by atoms with E-state index in [0.717, 1.165) is 79.6 Å². The summed E-state index contributed by atoms with van der Waals surface area (Å²) in [6, 6.07) is 4.46. The molecule has 0 spiro atoms. The van der Waals surface area contributed by atoms with Crippen LogP contribution in [0.3, 0.4) is 0 Å². The summed E-state index contributed by atoms with van der Waals surface area (Å²) >= 11 is 0. The first-order chi connectivity index (χ1) is 19.5. The Bertz CT molecular complexity index is 1680. The molecule has 5 heteroatoms. The van der Waals surface area contributed by atoms with Crippen LogP contribution >= 0.6 is 0 Å². The predicted octanol–water partition coefficient (Wildman–Crippen LogP) is 9.30. The minimum absolute atomic E-state index is 0. The molecule has 41 heavy (non-hydrogen) atoms. The third-order valence-corrected chi connectivity index (χ3v) is 8.90. The first-order valence-corrected chi connectivity index (χ1v) is 15.7. The van der Waals surface area contributed by atoms with Crippen LogP contribution < -0.4 is 0 Å². The van der Waals surface area contributed by atoms with Crippen LogP contribution in [-0.2, 0) is 62.1 Å². The quantitative estimate of drug-likeness (QED) is 0.206. The Morgan fingerprint density at radius 2 is 1.05 bits per heavy atom. The van der Waals surface area contributed by atoms with Gasteiger partial charge in [0.25, 0.3) is 0 Å². The SMILES string of the molecule is CCC1=Cc2nc1c(CC)c1c(CC)c(CC)c(c(CC)c3nc(c(CC)c4ccc([nH]4)c2CC)C=C3)n1CC.[Cu]. The monoisotopic (exact) mass is 597 g/mol. The van der Waals surface area contributed by atoms with Crippen molar-refractivity contribution in [2.24, 2.45) is 0 Å². The van der Waals surface area contributed by atoms with Crippen molar-refractivity contribution in [3.05, 3.63) is 68.3 Å². The fourth-order valence-electron chi connectivity index (χ4n) is 7.02. The topological polar surface area (TPSA) is 46.5 Å². The molecule has 5 rings (SSSR count). The van der Waals surface area contributed by atoms with Gasteiger partial charge in [-0.2, -0.15) is 0 Å². The molecule has 1 radical (unpaired) electrons. The van der Waals surface area contributed by atoms with Crippen LogP contribution in [0.25, 0.3) is 45.9 Å². The average molecular weight is 598 g/mol. The summed E-state index contributed by atoms with van der Waals surface area (Å²) in [6.07, 6.45) is 13.6. The normalized spacial score (nSPS) is 12.5. The summed E-state index contributed by atoms with van der Waals surface area (Å²) in [7, 11) is 0. The molecule has 221 valence electrons. The number of allylic oxidation sites excluding steroid dienone is 1. The smallest absolute Gasteiger partial charge is 0.0722 e. The number of aromatic nitrogens is 4. The maximum absolute atomic E-state index is 5.45. The fourth-order valence-corrected chi connectivity index (χ4v) is 7.02. The maximum Gasteiger partial charge on any atom is 0.0722 e. The van der Waals surface area contributed by atoms with Gasteiger partial charge in [0.15, 0.2) is 0 Å². The van der Waals surface area contributed by atoms with Crippen molar-refractivity contribution in [3.8, 4) is 0 Å². The van der Waals surface area contributed by atoms with Crippen molar-refractivity contribution < 1.29 is 17.1 Å². The van der Waals surface area contributed by atoms with Gasteiger partial charge >= 0.3 is 0 Å². The first kappa shape index (κ1) is 31.1. The number of aryl methyl sites for hydroxylation is 7. The zero-order valence-corrected chi connectivity index (χ0v) is 27.1. The second kappa shape index (κ2) is 13.0. The van der Waals surface area contributed by atoms with Crippen molar-refractivity contribution in [3.63, 3.8) is 0 Å². The summed E-state index contributed by atoms with van der Waals surface area (Å²) in [5, 5.41) is 0. The Kier molecular flexibility index (Phi) is 9.82. The van der Waals surface area contributed by atoms with Gasteiger partial charge in [-0.3, -0.25) is 0 Å². The number of fused-ring (bicyclic) bond motifs is 8. The van der Waals surface area contributed by atoms with Gasteiger partial charge in [-0.1, -0.05) is 48.5 Å². The molecular weight excluding hydrogens is 552 g/mol. The van der Waals surface area contributed by atoms with Crippen LogP contribution in [-0.4, -0.2) is 19.5 Å². The average Bonchev–Trinajstić information content (AvgIpc) is 3.77. The van der Waals surface area contributed by atoms with Gasteiger partial charge in [0.2, 0.25) is 0 Å². The summed E-state index contributed by atoms with van der Waals surface area (Å²) < 4.78 is 2.61. The van der Waals surface area contributed by atoms with Crippen LogP contribution in [0.4, 0.5) is 0 Å². The minimum atomic E-state index is 0. The largest absolute Gasteiger partial charge is 0.355 e. The third kappa shape index (κ3) is 5.06. The number of hydrogen-bond donors (Lipinski definition) is 1. The number of nitrogens with zero attached hydrogens (tertiary/aromatic N) is 3. The van der Waals surface area contributed by atoms with Gasteiger partial charge in [0.1, 0.15) is 0 Å². The summed E-state index contributed by atoms with van der Waals surface area (Å²) in [4.78, 5) is 14.5. The van der Waals surface area contributed by atoms with Crippen LogP contribution in [0.15, 0.2) is 12.1 Å². The Morgan fingerprint density at radius 3 is 1.54 bits per heavy atom. The fraction of sp³-hybridized carbons (Fsp3) is 0.444. The van der Waals surface area contributed by atoms with E-state index in [1.165, 1.54) is 55.7 Å². The molecule has 5 heterocycles. The molecule has 0 fully saturated rings. The number of H-pyrrole nitrogens is 1. The number of hydrogen-bond acceptors (Lipinski definition) is 2. The van der Waals surface area contributed by atoms with Crippen LogP contribution in [0.1, 0.15) is 118 Å². The van der Waals surface area contributed by atoms with Crippen molar-refractivity contribution in [1.82, 2.24) is 19.5 Å². The van der Waals surface area contributed by atoms with Crippen molar-refractivity contribution in [1.29, 1.82) is 0 Å². The van der Waals surface area contributed by atoms with Gasteiger partial charge < -0.3 is 9.55 Å². The van der Waals surface area contributed by atoms with E-state index in [1.807, 2.05) is 0 Å². The van der Waals surface area contributed by atoms with Crippen LogP contribution in [0.5, 0.6) is 0 Å². The first-order valence-electron chi connectivity index (χ1n) is 15.7. The molecule has 0 unspecified atom stereocenters. The molecule has 2 aliphatic heterocycles. The molecule has 0 atom stereocenters. The Morgan fingerprint density at radius 1 is 0.561 bits per heavy atom. The molecule has 3 aromatic rings. The van der Waals surface area contributed by atoms with E-state index in [1.54, 1.807) is 0 Å². The third-order valence-electron chi connectivity index (χ3n) is 8.90. The van der Waals surface area contributed by atoms with E-state index in [9.17, 15) is 0 Å². The molecule has 0 saturated heterocycles. The van der Waals surface area contributed by atoms with E-state index in [-0.39, 0.29) is 17.1 Å². The van der Waals surface area contributed by atoms with Gasteiger partial charge in [0.05, 0.1) is 33.8 Å². The Hall–Kier alpha value is -2.88. The number of nitrogens with one attached hydrogen (secondary N) is 1. The van der Waals surface area contributed by atoms with E-state index in [4.69, 9.17) is 9.97 Å². The summed E-state index contributed by atoms with van der Waals surface area (Å²) in [5.41, 5.74) is 19.2. The molecule has 0 aliphatic carbocycles. The van der Waals surface area contributed by atoms with E-state index >= 15 is 0 Å². The molecule has 2 aliphatic rings. The number of aromatic amines is 1.